The van der Waals surface area contributed by atoms with Gasteiger partial charge in [-0.15, -0.1) is 96.1 Å². The Kier molecular flexibility index (Phi) is 36.2. The molecule has 7 aromatic carbocycles. The molecule has 0 atom stereocenters. The molecule has 0 amide bonds. The molecule has 4 radical (unpaired) electrons. The Morgan fingerprint density at radius 1 is 0.402 bits per heavy atom. The molecule has 0 saturated heterocycles. The average Bonchev–Trinajstić information content (AvgIpc) is 0.812. The summed E-state index contributed by atoms with van der Waals surface area (Å²) in [5.74, 6) is -4.67. The summed E-state index contributed by atoms with van der Waals surface area (Å²) in [6.07, 6.45) is 9.22. The van der Waals surface area contributed by atoms with Crippen molar-refractivity contribution in [3.63, 3.8) is 0 Å². The van der Waals surface area contributed by atoms with Gasteiger partial charge in [0.15, 0.2) is 5.78 Å². The fraction of sp³-hybridized carbons (Fsp3) is 0.0667. The van der Waals surface area contributed by atoms with Crippen LogP contribution in [0.25, 0.3) is 56.3 Å². The monoisotopic (exact) mass is 2030 g/mol. The molecular formula is C75H56F8Ir4N7O3-5. The van der Waals surface area contributed by atoms with Crippen molar-refractivity contribution in [1.82, 2.24) is 24.9 Å². The Morgan fingerprint density at radius 2 is 0.784 bits per heavy atom. The van der Waals surface area contributed by atoms with Crippen molar-refractivity contribution in [3.8, 4) is 56.3 Å². The molecule has 0 fully saturated rings. The first-order valence-corrected chi connectivity index (χ1v) is 28.1. The second-order valence-corrected chi connectivity index (χ2v) is 19.7. The van der Waals surface area contributed by atoms with Crippen LogP contribution in [-0.4, -0.2) is 55.0 Å². The summed E-state index contributed by atoms with van der Waals surface area (Å²) >= 11 is 0. The number of allylic oxidation sites excluding steroid dienone is 2. The number of anilines is 4. The number of hydrogen-bond acceptors (Lipinski definition) is 10. The summed E-state index contributed by atoms with van der Waals surface area (Å²) < 4.78 is 105. The number of aliphatic hydroxyl groups excluding tert-OH is 2. The van der Waals surface area contributed by atoms with Crippen LogP contribution in [-0.2, 0) is 91.8 Å². The molecule has 5 heterocycles. The standard InChI is InChI=1S/C23H15F2N2.C13H12FN2.C12H8F2NO.C11H6F2N.C11H7FN.C5H8O2.4Ir/c24-17-11-12-21(22(25)15-17)23-16-20(13-14-26-23)27(18-7-3-1-4-8-18)19-9-5-2-6-10-19;1-16(2)12-7-8-15-13(9-12)10-3-5-11(14)6-4-10;13-9-1-2-10(11(14)6-9)12-5-8(7-16)3-4-15-12;12-8-4-5-9(10(13)7-8)11-3-1-2-6-14-11;12-10-6-4-9(5-7-10)11-3-1-2-8-13-11;1-4(6)3-5(2)7;;;;/h1-11,13-16H;3,5-9H,1-2H3;1,3-6,16H,7H2;1-4,6-7H;1-4,6-8H;3,6H,1-2H3;;;;/q5*-1;;;;;. The van der Waals surface area contributed by atoms with Crippen LogP contribution in [0.15, 0.2) is 249 Å². The predicted molar refractivity (Wildman–Crippen MR) is 344 cm³/mol. The van der Waals surface area contributed by atoms with E-state index in [1.165, 1.54) is 56.5 Å². The van der Waals surface area contributed by atoms with E-state index in [1.807, 2.05) is 121 Å². The quantitative estimate of drug-likeness (QED) is 0.0559. The molecule has 22 heteroatoms. The van der Waals surface area contributed by atoms with Crippen molar-refractivity contribution in [2.75, 3.05) is 23.9 Å². The van der Waals surface area contributed by atoms with Crippen LogP contribution in [0.3, 0.4) is 0 Å². The van der Waals surface area contributed by atoms with Crippen LogP contribution in [0, 0.1) is 76.9 Å². The van der Waals surface area contributed by atoms with Crippen LogP contribution in [0.1, 0.15) is 19.4 Å². The summed E-state index contributed by atoms with van der Waals surface area (Å²) in [6.45, 7) is 2.69. The van der Waals surface area contributed by atoms with Crippen molar-refractivity contribution >= 4 is 28.5 Å². The molecule has 0 aliphatic rings. The zero-order valence-electron chi connectivity index (χ0n) is 51.6. The van der Waals surface area contributed by atoms with Crippen LogP contribution in [0.4, 0.5) is 57.9 Å². The molecule has 5 aromatic heterocycles. The van der Waals surface area contributed by atoms with Gasteiger partial charge in [0.2, 0.25) is 0 Å². The molecule has 0 unspecified atom stereocenters. The number of aromatic nitrogens is 5. The molecule has 0 saturated carbocycles. The van der Waals surface area contributed by atoms with Gasteiger partial charge in [0.1, 0.15) is 0 Å². The minimum atomic E-state index is -0.720. The maximum absolute atomic E-state index is 14.2. The van der Waals surface area contributed by atoms with E-state index in [0.717, 1.165) is 81.7 Å². The minimum absolute atomic E-state index is 0. The zero-order chi connectivity index (χ0) is 66.7. The fourth-order valence-electron chi connectivity index (χ4n) is 8.23. The Labute approximate surface area is 611 Å². The minimum Gasteiger partial charge on any atom is -0.512 e. The third-order valence-corrected chi connectivity index (χ3v) is 12.5. The third-order valence-electron chi connectivity index (χ3n) is 12.5. The maximum atomic E-state index is 14.2. The number of ketones is 1. The summed E-state index contributed by atoms with van der Waals surface area (Å²) in [7, 11) is 3.93. The van der Waals surface area contributed by atoms with Gasteiger partial charge in [-0.2, -0.15) is 0 Å². The first-order valence-electron chi connectivity index (χ1n) is 28.1. The van der Waals surface area contributed by atoms with Crippen molar-refractivity contribution < 1.29 is 131 Å². The summed E-state index contributed by atoms with van der Waals surface area (Å²) in [6, 6.07) is 68.8. The van der Waals surface area contributed by atoms with Crippen molar-refractivity contribution in [2.45, 2.75) is 20.5 Å². The molecular weight excluding hydrogens is 1970 g/mol. The molecule has 97 heavy (non-hydrogen) atoms. The van der Waals surface area contributed by atoms with Crippen molar-refractivity contribution in [2.24, 2.45) is 0 Å². The average molecular weight is 2020 g/mol. The van der Waals surface area contributed by atoms with Crippen molar-refractivity contribution in [1.29, 1.82) is 0 Å². The third kappa shape index (κ3) is 26.6. The number of hydrogen-bond donors (Lipinski definition) is 2. The first kappa shape index (κ1) is 82.3. The van der Waals surface area contributed by atoms with Crippen LogP contribution in [0.2, 0.25) is 0 Å². The van der Waals surface area contributed by atoms with Crippen LogP contribution >= 0.6 is 0 Å². The van der Waals surface area contributed by atoms with Gasteiger partial charge in [0, 0.05) is 201 Å². The van der Waals surface area contributed by atoms with Gasteiger partial charge in [-0.3, -0.25) is 39.9 Å². The Balaban J connectivity index is 0.000000312. The number of benzene rings is 7. The SMILES string of the molecule is CC(=O)C=C(C)O.CN(C)c1ccnc(-c2[c-]cc(F)cc2)c1.Fc1c[c-]c(-c2cc(N(c3ccccc3)c3ccccc3)ccn2)c(F)c1.Fc1c[c-]c(-c2ccccn2)c(F)c1.Fc1c[c-]c(-c2ccccn2)cc1.OCc1ccnc(-c2[c-]cc(F)cc2F)c1.[Ir].[Ir].[Ir].[Ir]. The second-order valence-electron chi connectivity index (χ2n) is 19.7. The molecule has 0 aliphatic carbocycles. The van der Waals surface area contributed by atoms with Gasteiger partial charge in [-0.05, 0) is 102 Å². The summed E-state index contributed by atoms with van der Waals surface area (Å²) in [5.41, 5.74) is 9.20. The van der Waals surface area contributed by atoms with E-state index in [1.54, 1.807) is 67.3 Å². The van der Waals surface area contributed by atoms with E-state index in [2.05, 4.69) is 55.3 Å². The number of halogens is 8. The fourth-order valence-corrected chi connectivity index (χ4v) is 8.23. The maximum Gasteiger partial charge on any atom is 0.155 e. The molecule has 12 rings (SSSR count). The topological polar surface area (TPSA) is 128 Å². The zero-order valence-corrected chi connectivity index (χ0v) is 61.2. The molecule has 2 N–H and O–H groups in total. The summed E-state index contributed by atoms with van der Waals surface area (Å²) in [5, 5.41) is 17.3. The number of pyridine rings is 5. The Bertz CT molecular complexity index is 4310. The van der Waals surface area contributed by atoms with Gasteiger partial charge in [-0.25, -0.2) is 0 Å². The smallest absolute Gasteiger partial charge is 0.155 e. The van der Waals surface area contributed by atoms with Gasteiger partial charge >= 0.3 is 0 Å². The van der Waals surface area contributed by atoms with Crippen molar-refractivity contribution in [3.05, 3.63) is 332 Å². The van der Waals surface area contributed by atoms with E-state index < -0.39 is 34.9 Å². The van der Waals surface area contributed by atoms with Gasteiger partial charge < -0.3 is 44.9 Å². The van der Waals surface area contributed by atoms with E-state index in [4.69, 9.17) is 10.2 Å². The molecule has 10 nitrogen and oxygen atoms in total. The molecule has 0 aliphatic heterocycles. The number of aliphatic hydroxyl groups is 2. The normalized spacial score (nSPS) is 9.97. The van der Waals surface area contributed by atoms with Gasteiger partial charge in [0.25, 0.3) is 0 Å². The number of para-hydroxylation sites is 2. The number of carbonyl (C=O) groups is 1. The second kappa shape index (κ2) is 42.6. The van der Waals surface area contributed by atoms with Crippen LogP contribution in [0.5, 0.6) is 0 Å². The van der Waals surface area contributed by atoms with E-state index in [-0.39, 0.29) is 127 Å². The number of nitrogens with zero attached hydrogens (tertiary/aromatic N) is 7. The Hall–Kier alpha value is -8.90. The van der Waals surface area contributed by atoms with Gasteiger partial charge in [-0.1, -0.05) is 114 Å². The van der Waals surface area contributed by atoms with Crippen LogP contribution < -0.4 is 9.80 Å². The molecule has 12 aromatic rings. The molecule has 506 valence electrons. The largest absolute Gasteiger partial charge is 0.512 e. The number of carbonyl (C=O) groups excluding carboxylic acids is 1. The number of rotatable bonds is 11. The molecule has 0 bridgehead atoms. The van der Waals surface area contributed by atoms with E-state index in [0.29, 0.717) is 22.6 Å². The molecule has 0 spiro atoms. The summed E-state index contributed by atoms with van der Waals surface area (Å²) in [4.78, 5) is 34.6. The first-order chi connectivity index (χ1) is 44.8. The van der Waals surface area contributed by atoms with E-state index >= 15 is 0 Å². The van der Waals surface area contributed by atoms with Gasteiger partial charge in [0.05, 0.1) is 12.4 Å². The Morgan fingerprint density at radius 3 is 1.18 bits per heavy atom. The van der Waals surface area contributed by atoms with E-state index in [9.17, 15) is 39.9 Å². The predicted octanol–water partition coefficient (Wildman–Crippen LogP) is 17.9.